The molecule has 0 rings (SSSR count). The standard InChI is InChI=1S/2O.Y.Zr/q;-2;+1;+4. The molecule has 0 aliphatic heterocycles. The molecule has 0 heterocycles. The van der Waals surface area contributed by atoms with Gasteiger partial charge in [-0.2, -0.15) is 0 Å². The van der Waals surface area contributed by atoms with E-state index in [4.69, 9.17) is 2.04 Å². The van der Waals surface area contributed by atoms with Crippen LogP contribution < -0.4 is 0 Å². The molecule has 4 heteroatoms. The maximum absolute atomic E-state index is 8.38. The van der Waals surface area contributed by atoms with Crippen molar-refractivity contribution in [1.29, 1.82) is 0 Å². The average Bonchev–Trinajstić information content (AvgIpc) is 1.00. The fraction of sp³-hybridized carbons (Fsp3) is 0. The van der Waals surface area contributed by atoms with Gasteiger partial charge in [-0.25, -0.2) is 0 Å². The molecule has 0 saturated heterocycles. The molecule has 2 nitrogen and oxygen atoms in total. The summed E-state index contributed by atoms with van der Waals surface area (Å²) in [6.07, 6.45) is 0. The number of hydrogen-bond donors (Lipinski definition) is 0. The Morgan fingerprint density at radius 2 is 1.25 bits per heavy atom. The maximum Gasteiger partial charge on any atom is 4.00 e. The zero-order chi connectivity index (χ0) is 2.00. The summed E-state index contributed by atoms with van der Waals surface area (Å²) in [6.45, 7) is 0. The second-order valence-corrected chi connectivity index (χ2v) is 0. The van der Waals surface area contributed by atoms with Gasteiger partial charge in [0.1, 0.15) is 0 Å². The van der Waals surface area contributed by atoms with Crippen LogP contribution in [-0.2, 0) is 64.7 Å². The first kappa shape index (κ1) is 17.2. The van der Waals surface area contributed by atoms with Gasteiger partial charge in [-0.15, -0.1) is 0 Å². The molecule has 0 fully saturated rings. The summed E-state index contributed by atoms with van der Waals surface area (Å²) in [5.41, 5.74) is 0. The van der Waals surface area contributed by atoms with Crippen molar-refractivity contribution in [3.05, 3.63) is 0 Å². The predicted octanol–water partition coefficient (Wildman–Crippen LogP) is -0.243. The summed E-state index contributed by atoms with van der Waals surface area (Å²) in [5.74, 6) is 0. The topological polar surface area (TPSA) is 45.6 Å². The Balaban J connectivity index is -0.00000000500. The molecule has 0 amide bonds. The van der Waals surface area contributed by atoms with Crippen LogP contribution in [0.4, 0.5) is 0 Å². The van der Waals surface area contributed by atoms with Gasteiger partial charge in [-0.05, 0) is 0 Å². The molecule has 0 radical (unpaired) electrons. The average molecular weight is 212 g/mol. The van der Waals surface area contributed by atoms with E-state index in [1.807, 2.05) is 0 Å². The molecule has 0 spiro atoms. The Kier molecular flexibility index (Phi) is 93.7. The molecule has 0 N–H and O–H groups in total. The number of hydrogen-bond acceptors (Lipinski definition) is 1. The summed E-state index contributed by atoms with van der Waals surface area (Å²) in [5, 5.41) is 0. The molecule has 0 aromatic heterocycles. The molecule has 0 atom stereocenters. The Morgan fingerprint density at radius 3 is 1.25 bits per heavy atom. The van der Waals surface area contributed by atoms with Crippen LogP contribution in [-0.4, -0.2) is 0 Å². The van der Waals surface area contributed by atoms with E-state index < -0.39 is 0 Å². The van der Waals surface area contributed by atoms with Gasteiger partial charge in [0.25, 0.3) is 0 Å². The molecule has 0 saturated carbocycles. The summed E-state index contributed by atoms with van der Waals surface area (Å²) >= 11 is 0.100. The van der Waals surface area contributed by atoms with Crippen LogP contribution in [0.2, 0.25) is 0 Å². The van der Waals surface area contributed by atoms with Crippen molar-refractivity contribution in [1.82, 2.24) is 0 Å². The predicted molar refractivity (Wildman–Crippen MR) is 1.37 cm³/mol. The Hall–Kier alpha value is 1.75. The van der Waals surface area contributed by atoms with E-state index >= 15 is 0 Å². The fourth-order valence-corrected chi connectivity index (χ4v) is 0. The maximum atomic E-state index is 8.38. The minimum absolute atomic E-state index is 0. The first-order chi connectivity index (χ1) is 1.00. The third-order valence-corrected chi connectivity index (χ3v) is 0. The smallest absolute Gasteiger partial charge is 4.00 e. The van der Waals surface area contributed by atoms with Crippen LogP contribution in [0.1, 0.15) is 0 Å². The summed E-state index contributed by atoms with van der Waals surface area (Å²) in [4.78, 5) is 0. The van der Waals surface area contributed by atoms with Crippen molar-refractivity contribution in [3.63, 3.8) is 0 Å². The molecule has 0 unspecified atom stereocenters. The molecule has 4 heavy (non-hydrogen) atoms. The zero-order valence-electron chi connectivity index (χ0n) is 1.89. The Bertz CT molecular complexity index is 6.00. The Labute approximate surface area is 63.8 Å². The van der Waals surface area contributed by atoms with Crippen molar-refractivity contribution < 1.29 is 64.7 Å². The van der Waals surface area contributed by atoms with E-state index in [1.165, 1.54) is 0 Å². The van der Waals surface area contributed by atoms with Gasteiger partial charge < -0.3 is 5.48 Å². The molecule has 0 aliphatic rings. The quantitative estimate of drug-likeness (QED) is 0.546. The van der Waals surface area contributed by atoms with Crippen LogP contribution in [0.5, 0.6) is 0 Å². The number of rotatable bonds is 0. The van der Waals surface area contributed by atoms with E-state index in [-0.39, 0.29) is 62.7 Å². The minimum atomic E-state index is 0. The van der Waals surface area contributed by atoms with E-state index in [0.29, 0.717) is 0 Å². The monoisotopic (exact) mass is 211 g/mol. The van der Waals surface area contributed by atoms with Crippen molar-refractivity contribution in [2.75, 3.05) is 0 Å². The molecule has 0 bridgehead atoms. The summed E-state index contributed by atoms with van der Waals surface area (Å²) in [7, 11) is 0. The van der Waals surface area contributed by atoms with Crippen LogP contribution in [0, 0.1) is 0 Å². The first-order valence-corrected chi connectivity index (χ1v) is 1.39. The van der Waals surface area contributed by atoms with Gasteiger partial charge in [0.15, 0.2) is 0 Å². The molecule has 16 valence electrons. The second kappa shape index (κ2) is 21.8. The van der Waals surface area contributed by atoms with E-state index in [9.17, 15) is 0 Å². The molecule has 0 aromatic carbocycles. The van der Waals surface area contributed by atoms with Crippen LogP contribution >= 0.6 is 0 Å². The fourth-order valence-electron chi connectivity index (χ4n) is 0. The van der Waals surface area contributed by atoms with Gasteiger partial charge in [0.2, 0.25) is 0 Å². The SMILES string of the molecule is [O-2].[O]=[Y+].[Zr+4]. The van der Waals surface area contributed by atoms with E-state index in [0.717, 1.165) is 0 Å². The van der Waals surface area contributed by atoms with Crippen LogP contribution in [0.3, 0.4) is 0 Å². The minimum Gasteiger partial charge on any atom is 4.00 e. The van der Waals surface area contributed by atoms with E-state index in [2.05, 4.69) is 0 Å². The largest absolute Gasteiger partial charge is 4.00 e. The van der Waals surface area contributed by atoms with E-state index in [1.54, 1.807) is 0 Å². The van der Waals surface area contributed by atoms with Crippen molar-refractivity contribution >= 4 is 0 Å². The summed E-state index contributed by atoms with van der Waals surface area (Å²) in [6, 6.07) is 0. The van der Waals surface area contributed by atoms with Crippen LogP contribution in [0.25, 0.3) is 0 Å². The summed E-state index contributed by atoms with van der Waals surface area (Å²) < 4.78 is 8.38. The third-order valence-electron chi connectivity index (χ3n) is 0. The Morgan fingerprint density at radius 1 is 1.25 bits per heavy atom. The van der Waals surface area contributed by atoms with Crippen molar-refractivity contribution in [2.24, 2.45) is 0 Å². The van der Waals surface area contributed by atoms with Gasteiger partial charge in [-0.3, -0.25) is 0 Å². The van der Waals surface area contributed by atoms with Crippen molar-refractivity contribution in [3.8, 4) is 0 Å². The first-order valence-electron chi connectivity index (χ1n) is 0.236. The van der Waals surface area contributed by atoms with Gasteiger partial charge in [-0.1, -0.05) is 0 Å². The molecular formula is O2YZr+3. The molecule has 0 aromatic rings. The molecule has 0 aliphatic carbocycles. The third kappa shape index (κ3) is 9.26. The van der Waals surface area contributed by atoms with Crippen LogP contribution in [0.15, 0.2) is 0 Å². The van der Waals surface area contributed by atoms with Gasteiger partial charge in [0, 0.05) is 0 Å². The second-order valence-electron chi connectivity index (χ2n) is 0. The zero-order valence-corrected chi connectivity index (χ0v) is 7.19. The van der Waals surface area contributed by atoms with Gasteiger partial charge in [0.05, 0.1) is 0 Å². The van der Waals surface area contributed by atoms with Crippen molar-refractivity contribution in [2.45, 2.75) is 0 Å². The van der Waals surface area contributed by atoms with Gasteiger partial charge >= 0.3 is 59.3 Å². The molecular weight excluding hydrogens is 212 g/mol. The normalized spacial score (nSPS) is 1.50.